The van der Waals surface area contributed by atoms with Crippen LogP contribution in [0.1, 0.15) is 22.8 Å². The molecule has 1 N–H and O–H groups in total. The van der Waals surface area contributed by atoms with Gasteiger partial charge in [-0.15, -0.1) is 11.3 Å². The van der Waals surface area contributed by atoms with Gasteiger partial charge in [-0.05, 0) is 30.2 Å². The van der Waals surface area contributed by atoms with E-state index in [-0.39, 0.29) is 25.9 Å². The van der Waals surface area contributed by atoms with Gasteiger partial charge in [0, 0.05) is 43.7 Å². The molecule has 36 heavy (non-hydrogen) atoms. The summed E-state index contributed by atoms with van der Waals surface area (Å²) < 4.78 is 16.2. The Labute approximate surface area is 214 Å². The van der Waals surface area contributed by atoms with Gasteiger partial charge < -0.3 is 19.5 Å². The van der Waals surface area contributed by atoms with Crippen LogP contribution in [0.3, 0.4) is 0 Å². The maximum Gasteiger partial charge on any atom is 0.341 e. The Bertz CT molecular complexity index is 1220. The molecule has 5 rings (SSSR count). The number of hydrogen-bond acceptors (Lipinski definition) is 8. The van der Waals surface area contributed by atoms with E-state index < -0.39 is 5.97 Å². The van der Waals surface area contributed by atoms with Crippen molar-refractivity contribution in [3.63, 3.8) is 0 Å². The van der Waals surface area contributed by atoms with Gasteiger partial charge in [0.15, 0.2) is 11.5 Å². The number of anilines is 1. The van der Waals surface area contributed by atoms with Gasteiger partial charge in [-0.25, -0.2) is 4.79 Å². The van der Waals surface area contributed by atoms with Gasteiger partial charge in [-0.3, -0.25) is 14.6 Å². The number of nitrogens with one attached hydrogen (secondary N) is 1. The van der Waals surface area contributed by atoms with Crippen molar-refractivity contribution < 1.29 is 23.8 Å². The highest BCUT2D eigenvalue weighted by atomic mass is 32.1. The van der Waals surface area contributed by atoms with Crippen molar-refractivity contribution in [2.75, 3.05) is 51.4 Å². The van der Waals surface area contributed by atoms with E-state index in [1.807, 2.05) is 47.8 Å². The number of rotatable bonds is 8. The van der Waals surface area contributed by atoms with Crippen LogP contribution in [-0.4, -0.2) is 67.8 Å². The van der Waals surface area contributed by atoms with E-state index in [0.29, 0.717) is 10.6 Å². The van der Waals surface area contributed by atoms with Crippen molar-refractivity contribution in [3.05, 3.63) is 65.0 Å². The number of benzene rings is 2. The SMILES string of the molecule is CCOC(=O)c1c(-c2ccccc2)csc1NC(=O)CN1CCN(Cc2ccc3c(c2)OCO3)CC1. The van der Waals surface area contributed by atoms with Crippen molar-refractivity contribution in [2.45, 2.75) is 13.5 Å². The van der Waals surface area contributed by atoms with Gasteiger partial charge in [0.05, 0.1) is 13.2 Å². The molecule has 3 heterocycles. The molecular weight excluding hydrogens is 478 g/mol. The Morgan fingerprint density at radius 3 is 2.53 bits per heavy atom. The number of nitrogens with zero attached hydrogens (tertiary/aromatic N) is 2. The average Bonchev–Trinajstić information content (AvgIpc) is 3.53. The lowest BCUT2D eigenvalue weighted by Crippen LogP contribution is -2.48. The number of esters is 1. The van der Waals surface area contributed by atoms with Gasteiger partial charge >= 0.3 is 5.97 Å². The fraction of sp³-hybridized carbons (Fsp3) is 0.333. The molecule has 0 aliphatic carbocycles. The monoisotopic (exact) mass is 507 g/mol. The number of amides is 1. The molecule has 0 atom stereocenters. The molecule has 3 aromatic rings. The minimum Gasteiger partial charge on any atom is -0.462 e. The van der Waals surface area contributed by atoms with Crippen LogP contribution < -0.4 is 14.8 Å². The Morgan fingerprint density at radius 1 is 1.00 bits per heavy atom. The van der Waals surface area contributed by atoms with Crippen LogP contribution in [0.2, 0.25) is 0 Å². The number of piperazine rings is 1. The summed E-state index contributed by atoms with van der Waals surface area (Å²) in [7, 11) is 0. The molecule has 2 aliphatic rings. The zero-order chi connectivity index (χ0) is 24.9. The second-order valence-electron chi connectivity index (χ2n) is 8.73. The molecule has 0 saturated carbocycles. The minimum absolute atomic E-state index is 0.133. The van der Waals surface area contributed by atoms with E-state index in [1.165, 1.54) is 16.9 Å². The Kier molecular flexibility index (Phi) is 7.50. The summed E-state index contributed by atoms with van der Waals surface area (Å²) in [6.07, 6.45) is 0. The van der Waals surface area contributed by atoms with Gasteiger partial charge in [-0.1, -0.05) is 36.4 Å². The molecule has 2 aliphatic heterocycles. The first-order valence-electron chi connectivity index (χ1n) is 12.1. The Hall–Kier alpha value is -3.40. The molecule has 8 nitrogen and oxygen atoms in total. The summed E-state index contributed by atoms with van der Waals surface area (Å²) in [5.74, 6) is 1.03. The highest BCUT2D eigenvalue weighted by Gasteiger charge is 2.25. The number of thiophene rings is 1. The first kappa shape index (κ1) is 24.3. The smallest absolute Gasteiger partial charge is 0.341 e. The first-order valence-corrected chi connectivity index (χ1v) is 13.0. The summed E-state index contributed by atoms with van der Waals surface area (Å²) in [6, 6.07) is 15.7. The molecule has 1 amide bonds. The first-order chi connectivity index (χ1) is 17.6. The van der Waals surface area contributed by atoms with Gasteiger partial charge in [0.2, 0.25) is 12.7 Å². The summed E-state index contributed by atoms with van der Waals surface area (Å²) in [5, 5.41) is 5.38. The van der Waals surface area contributed by atoms with E-state index in [4.69, 9.17) is 14.2 Å². The zero-order valence-electron chi connectivity index (χ0n) is 20.2. The summed E-state index contributed by atoms with van der Waals surface area (Å²) in [4.78, 5) is 30.2. The van der Waals surface area contributed by atoms with Crippen molar-refractivity contribution in [1.82, 2.24) is 9.80 Å². The number of ether oxygens (including phenoxy) is 3. The molecule has 1 fully saturated rings. The van der Waals surface area contributed by atoms with Crippen LogP contribution >= 0.6 is 11.3 Å². The highest BCUT2D eigenvalue weighted by Crippen LogP contribution is 2.36. The number of fused-ring (bicyclic) bond motifs is 1. The van der Waals surface area contributed by atoms with Crippen molar-refractivity contribution in [1.29, 1.82) is 0 Å². The van der Waals surface area contributed by atoms with Crippen molar-refractivity contribution in [2.24, 2.45) is 0 Å². The Balaban J connectivity index is 1.17. The van der Waals surface area contributed by atoms with E-state index in [1.54, 1.807) is 6.92 Å². The van der Waals surface area contributed by atoms with Crippen molar-refractivity contribution >= 4 is 28.2 Å². The number of hydrogen-bond donors (Lipinski definition) is 1. The topological polar surface area (TPSA) is 80.3 Å². The van der Waals surface area contributed by atoms with Crippen LogP contribution in [0, 0.1) is 0 Å². The molecule has 0 radical (unpaired) electrons. The van der Waals surface area contributed by atoms with E-state index in [9.17, 15) is 9.59 Å². The Morgan fingerprint density at radius 2 is 1.75 bits per heavy atom. The molecule has 188 valence electrons. The molecule has 1 saturated heterocycles. The maximum absolute atomic E-state index is 12.9. The number of carbonyl (C=O) groups is 2. The largest absolute Gasteiger partial charge is 0.462 e. The van der Waals surface area contributed by atoms with Crippen LogP contribution in [0.5, 0.6) is 11.5 Å². The van der Waals surface area contributed by atoms with Crippen LogP contribution in [0.25, 0.3) is 11.1 Å². The number of carbonyl (C=O) groups excluding carboxylic acids is 2. The summed E-state index contributed by atoms with van der Waals surface area (Å²) >= 11 is 1.35. The fourth-order valence-electron chi connectivity index (χ4n) is 4.46. The lowest BCUT2D eigenvalue weighted by Gasteiger charge is -2.34. The lowest BCUT2D eigenvalue weighted by molar-refractivity contribution is -0.117. The molecule has 2 aromatic carbocycles. The quantitative estimate of drug-likeness (QED) is 0.460. The average molecular weight is 508 g/mol. The summed E-state index contributed by atoms with van der Waals surface area (Å²) in [5.41, 5.74) is 3.28. The lowest BCUT2D eigenvalue weighted by atomic mass is 10.0. The van der Waals surface area contributed by atoms with Gasteiger partial charge in [0.25, 0.3) is 0 Å². The van der Waals surface area contributed by atoms with Gasteiger partial charge in [0.1, 0.15) is 10.6 Å². The zero-order valence-corrected chi connectivity index (χ0v) is 21.0. The van der Waals surface area contributed by atoms with E-state index >= 15 is 0 Å². The summed E-state index contributed by atoms with van der Waals surface area (Å²) in [6.45, 7) is 6.75. The second-order valence-corrected chi connectivity index (χ2v) is 9.61. The standard InChI is InChI=1S/C27H29N3O5S/c1-2-33-27(32)25-21(20-6-4-3-5-7-20)17-36-26(25)28-24(31)16-30-12-10-29(11-13-30)15-19-8-9-22-23(14-19)35-18-34-22/h3-9,14,17H,2,10-13,15-16,18H2,1H3,(H,28,31). The molecule has 0 bridgehead atoms. The molecule has 0 spiro atoms. The molecule has 0 unspecified atom stereocenters. The van der Waals surface area contributed by atoms with Crippen LogP contribution in [0.4, 0.5) is 5.00 Å². The second kappa shape index (κ2) is 11.1. The molecule has 1 aromatic heterocycles. The fourth-order valence-corrected chi connectivity index (χ4v) is 5.43. The van der Waals surface area contributed by atoms with Gasteiger partial charge in [-0.2, -0.15) is 0 Å². The maximum atomic E-state index is 12.9. The van der Waals surface area contributed by atoms with E-state index in [2.05, 4.69) is 21.2 Å². The van der Waals surface area contributed by atoms with E-state index in [0.717, 1.165) is 55.3 Å². The third-order valence-electron chi connectivity index (χ3n) is 6.28. The third-order valence-corrected chi connectivity index (χ3v) is 7.18. The molecule has 9 heteroatoms. The van der Waals surface area contributed by atoms with Crippen molar-refractivity contribution in [3.8, 4) is 22.6 Å². The van der Waals surface area contributed by atoms with Crippen LogP contribution in [-0.2, 0) is 16.1 Å². The predicted molar refractivity (Wildman–Crippen MR) is 139 cm³/mol. The third kappa shape index (κ3) is 5.53. The highest BCUT2D eigenvalue weighted by molar-refractivity contribution is 7.15. The predicted octanol–water partition coefficient (Wildman–Crippen LogP) is 4.08. The van der Waals surface area contributed by atoms with Crippen LogP contribution in [0.15, 0.2) is 53.9 Å². The molecular formula is C27H29N3O5S. The normalized spacial score (nSPS) is 15.6. The minimum atomic E-state index is -0.426.